The molecular weight excluding hydrogens is 282 g/mol. The van der Waals surface area contributed by atoms with E-state index in [-0.39, 0.29) is 0 Å². The van der Waals surface area contributed by atoms with Crippen LogP contribution in [0.15, 0.2) is 24.3 Å². The standard InChI is InChI=1S/C21H35NO/c1-4-6-10-19(5-2)17-23-16-18(3)15-22-14-9-12-20-11-7-8-13-21(20)22/h7-8,11,13,18-19H,4-6,9-10,12,14-17H2,1-3H3. The van der Waals surface area contributed by atoms with Crippen LogP contribution < -0.4 is 4.90 Å². The first-order valence-corrected chi connectivity index (χ1v) is 9.65. The van der Waals surface area contributed by atoms with Gasteiger partial charge >= 0.3 is 0 Å². The molecule has 0 aliphatic carbocycles. The number of fused-ring (bicyclic) bond motifs is 1. The van der Waals surface area contributed by atoms with Gasteiger partial charge in [0.2, 0.25) is 0 Å². The molecule has 0 N–H and O–H groups in total. The molecule has 1 aromatic carbocycles. The highest BCUT2D eigenvalue weighted by Gasteiger charge is 2.18. The van der Waals surface area contributed by atoms with E-state index in [1.807, 2.05) is 0 Å². The Morgan fingerprint density at radius 1 is 1.17 bits per heavy atom. The average Bonchev–Trinajstić information content (AvgIpc) is 2.58. The molecule has 2 heteroatoms. The van der Waals surface area contributed by atoms with E-state index in [1.165, 1.54) is 56.3 Å². The summed E-state index contributed by atoms with van der Waals surface area (Å²) in [7, 11) is 0. The van der Waals surface area contributed by atoms with E-state index in [0.717, 1.165) is 25.7 Å². The molecule has 0 saturated carbocycles. The maximum absolute atomic E-state index is 6.05. The molecule has 2 unspecified atom stereocenters. The molecule has 0 amide bonds. The summed E-state index contributed by atoms with van der Waals surface area (Å²) in [5.74, 6) is 1.34. The topological polar surface area (TPSA) is 12.5 Å². The molecule has 1 aromatic rings. The Kier molecular flexibility index (Phi) is 7.94. The summed E-state index contributed by atoms with van der Waals surface area (Å²) in [5, 5.41) is 0. The Hall–Kier alpha value is -1.02. The predicted molar refractivity (Wildman–Crippen MR) is 100 cm³/mol. The zero-order valence-electron chi connectivity index (χ0n) is 15.4. The van der Waals surface area contributed by atoms with Crippen molar-refractivity contribution in [1.82, 2.24) is 0 Å². The van der Waals surface area contributed by atoms with E-state index in [2.05, 4.69) is 49.9 Å². The van der Waals surface area contributed by atoms with E-state index < -0.39 is 0 Å². The van der Waals surface area contributed by atoms with Crippen LogP contribution in [0.1, 0.15) is 58.4 Å². The summed E-state index contributed by atoms with van der Waals surface area (Å²) < 4.78 is 6.05. The lowest BCUT2D eigenvalue weighted by molar-refractivity contribution is 0.0723. The second-order valence-corrected chi connectivity index (χ2v) is 7.24. The molecule has 2 atom stereocenters. The number of unbranched alkanes of at least 4 members (excludes halogenated alkanes) is 1. The van der Waals surface area contributed by atoms with Crippen molar-refractivity contribution in [3.8, 4) is 0 Å². The zero-order valence-corrected chi connectivity index (χ0v) is 15.4. The minimum absolute atomic E-state index is 0.588. The molecule has 1 aliphatic rings. The van der Waals surface area contributed by atoms with Crippen molar-refractivity contribution in [2.24, 2.45) is 11.8 Å². The minimum Gasteiger partial charge on any atom is -0.381 e. The second-order valence-electron chi connectivity index (χ2n) is 7.24. The summed E-state index contributed by atoms with van der Waals surface area (Å²) in [5.41, 5.74) is 2.96. The molecular formula is C21H35NO. The van der Waals surface area contributed by atoms with Gasteiger partial charge in [0.15, 0.2) is 0 Å². The van der Waals surface area contributed by atoms with Gasteiger partial charge < -0.3 is 9.64 Å². The number of nitrogens with zero attached hydrogens (tertiary/aromatic N) is 1. The van der Waals surface area contributed by atoms with Gasteiger partial charge in [0.05, 0.1) is 6.61 Å². The van der Waals surface area contributed by atoms with E-state index in [1.54, 1.807) is 0 Å². The Bertz CT molecular complexity index is 445. The van der Waals surface area contributed by atoms with Gasteiger partial charge in [-0.15, -0.1) is 0 Å². The number of rotatable bonds is 10. The van der Waals surface area contributed by atoms with Crippen LogP contribution in [0.2, 0.25) is 0 Å². The first kappa shape index (κ1) is 18.3. The predicted octanol–water partition coefficient (Wildman–Crippen LogP) is 5.31. The monoisotopic (exact) mass is 317 g/mol. The van der Waals surface area contributed by atoms with Crippen LogP contribution in [0.3, 0.4) is 0 Å². The van der Waals surface area contributed by atoms with Crippen molar-refractivity contribution < 1.29 is 4.74 Å². The van der Waals surface area contributed by atoms with Crippen LogP contribution >= 0.6 is 0 Å². The molecule has 0 aromatic heterocycles. The smallest absolute Gasteiger partial charge is 0.0508 e. The lowest BCUT2D eigenvalue weighted by Crippen LogP contribution is -2.34. The largest absolute Gasteiger partial charge is 0.381 e. The fraction of sp³-hybridized carbons (Fsp3) is 0.714. The molecule has 1 aliphatic heterocycles. The maximum atomic E-state index is 6.05. The summed E-state index contributed by atoms with van der Waals surface area (Å²) in [6.07, 6.45) is 7.70. The van der Waals surface area contributed by atoms with Crippen LogP contribution in [-0.4, -0.2) is 26.3 Å². The second kappa shape index (κ2) is 9.97. The molecule has 23 heavy (non-hydrogen) atoms. The van der Waals surface area contributed by atoms with Gasteiger partial charge in [-0.3, -0.25) is 0 Å². The maximum Gasteiger partial charge on any atom is 0.0508 e. The number of anilines is 1. The van der Waals surface area contributed by atoms with Gasteiger partial charge in [-0.25, -0.2) is 0 Å². The zero-order chi connectivity index (χ0) is 16.5. The normalized spacial score (nSPS) is 16.9. The van der Waals surface area contributed by atoms with E-state index in [4.69, 9.17) is 4.74 Å². The first-order chi connectivity index (χ1) is 11.2. The van der Waals surface area contributed by atoms with Crippen molar-refractivity contribution in [3.63, 3.8) is 0 Å². The molecule has 1 heterocycles. The van der Waals surface area contributed by atoms with E-state index in [9.17, 15) is 0 Å². The molecule has 2 rings (SSSR count). The number of benzene rings is 1. The van der Waals surface area contributed by atoms with Gasteiger partial charge in [-0.1, -0.05) is 58.2 Å². The lowest BCUT2D eigenvalue weighted by atomic mass is 10.00. The third-order valence-electron chi connectivity index (χ3n) is 5.04. The highest BCUT2D eigenvalue weighted by molar-refractivity contribution is 5.55. The SMILES string of the molecule is CCCCC(CC)COCC(C)CN1CCCc2ccccc21. The minimum atomic E-state index is 0.588. The van der Waals surface area contributed by atoms with Gasteiger partial charge in [0.1, 0.15) is 0 Å². The summed E-state index contributed by atoms with van der Waals surface area (Å²) in [6, 6.07) is 8.89. The molecule has 0 spiro atoms. The summed E-state index contributed by atoms with van der Waals surface area (Å²) in [4.78, 5) is 2.56. The molecule has 130 valence electrons. The third-order valence-corrected chi connectivity index (χ3v) is 5.04. The van der Waals surface area contributed by atoms with Gasteiger partial charge in [-0.05, 0) is 42.7 Å². The van der Waals surface area contributed by atoms with Gasteiger partial charge in [0, 0.05) is 25.4 Å². The summed E-state index contributed by atoms with van der Waals surface area (Å²) in [6.45, 7) is 11.0. The van der Waals surface area contributed by atoms with Crippen LogP contribution in [0.5, 0.6) is 0 Å². The van der Waals surface area contributed by atoms with Crippen LogP contribution in [0.25, 0.3) is 0 Å². The van der Waals surface area contributed by atoms with Crippen molar-refractivity contribution >= 4 is 5.69 Å². The molecule has 2 nitrogen and oxygen atoms in total. The van der Waals surface area contributed by atoms with Gasteiger partial charge in [0.25, 0.3) is 0 Å². The highest BCUT2D eigenvalue weighted by Crippen LogP contribution is 2.27. The van der Waals surface area contributed by atoms with Crippen LogP contribution in [0.4, 0.5) is 5.69 Å². The first-order valence-electron chi connectivity index (χ1n) is 9.65. The molecule has 0 bridgehead atoms. The number of ether oxygens (including phenoxy) is 1. The van der Waals surface area contributed by atoms with E-state index >= 15 is 0 Å². The third kappa shape index (κ3) is 5.84. The molecule has 0 fully saturated rings. The Morgan fingerprint density at radius 3 is 2.78 bits per heavy atom. The van der Waals surface area contributed by atoms with Crippen LogP contribution in [0, 0.1) is 11.8 Å². The Morgan fingerprint density at radius 2 is 2.00 bits per heavy atom. The fourth-order valence-electron chi connectivity index (χ4n) is 3.56. The van der Waals surface area contributed by atoms with Crippen molar-refractivity contribution in [2.75, 3.05) is 31.2 Å². The number of hydrogen-bond donors (Lipinski definition) is 0. The quantitative estimate of drug-likeness (QED) is 0.580. The van der Waals surface area contributed by atoms with Crippen molar-refractivity contribution in [3.05, 3.63) is 29.8 Å². The van der Waals surface area contributed by atoms with Gasteiger partial charge in [-0.2, -0.15) is 0 Å². The Labute approximate surface area is 143 Å². The Balaban J connectivity index is 1.74. The molecule has 0 saturated heterocycles. The lowest BCUT2D eigenvalue weighted by Gasteiger charge is -2.33. The highest BCUT2D eigenvalue weighted by atomic mass is 16.5. The van der Waals surface area contributed by atoms with E-state index in [0.29, 0.717) is 5.92 Å². The number of hydrogen-bond acceptors (Lipinski definition) is 2. The van der Waals surface area contributed by atoms with Crippen molar-refractivity contribution in [1.29, 1.82) is 0 Å². The number of para-hydroxylation sites is 1. The van der Waals surface area contributed by atoms with Crippen molar-refractivity contribution in [2.45, 2.75) is 59.3 Å². The fourth-order valence-corrected chi connectivity index (χ4v) is 3.56. The summed E-state index contributed by atoms with van der Waals surface area (Å²) >= 11 is 0. The number of aryl methyl sites for hydroxylation is 1. The van der Waals surface area contributed by atoms with Crippen LogP contribution in [-0.2, 0) is 11.2 Å². The molecule has 0 radical (unpaired) electrons. The average molecular weight is 318 g/mol.